The summed E-state index contributed by atoms with van der Waals surface area (Å²) in [6.07, 6.45) is 4.01. The highest BCUT2D eigenvalue weighted by Gasteiger charge is 2.16. The van der Waals surface area contributed by atoms with Crippen molar-refractivity contribution in [1.29, 1.82) is 5.26 Å². The van der Waals surface area contributed by atoms with Gasteiger partial charge >= 0.3 is 0 Å². The summed E-state index contributed by atoms with van der Waals surface area (Å²) >= 11 is 0. The number of pyridine rings is 1. The summed E-state index contributed by atoms with van der Waals surface area (Å²) in [4.78, 5) is 4.50. The quantitative estimate of drug-likeness (QED) is 0.461. The molecule has 0 atom stereocenters. The van der Waals surface area contributed by atoms with Crippen molar-refractivity contribution in [2.24, 2.45) is 10.2 Å². The van der Waals surface area contributed by atoms with Gasteiger partial charge in [0, 0.05) is 6.42 Å². The SMILES string of the molecule is CCCCc1ccc(Cc2nc(N)c(N=Nc3cccc(C)c3)c(C)c2C#N)cc1. The monoisotopic (exact) mass is 397 g/mol. The van der Waals surface area contributed by atoms with Crippen LogP contribution in [0.4, 0.5) is 17.2 Å². The number of nitrogen functional groups attached to an aromatic ring is 1. The number of anilines is 1. The van der Waals surface area contributed by atoms with Gasteiger partial charge < -0.3 is 5.73 Å². The first kappa shape index (κ1) is 21.2. The van der Waals surface area contributed by atoms with Crippen LogP contribution in [0.25, 0.3) is 0 Å². The Balaban J connectivity index is 1.87. The van der Waals surface area contributed by atoms with E-state index in [1.807, 2.05) is 38.1 Å². The molecule has 2 N–H and O–H groups in total. The molecule has 0 spiro atoms. The number of azo groups is 1. The third-order valence-corrected chi connectivity index (χ3v) is 5.11. The molecular weight excluding hydrogens is 370 g/mol. The predicted molar refractivity (Wildman–Crippen MR) is 121 cm³/mol. The number of benzene rings is 2. The average molecular weight is 398 g/mol. The van der Waals surface area contributed by atoms with Crippen LogP contribution in [0, 0.1) is 25.2 Å². The van der Waals surface area contributed by atoms with Gasteiger partial charge in [0.25, 0.3) is 0 Å². The number of nitrogens with two attached hydrogens (primary N) is 1. The second-order valence-electron chi connectivity index (χ2n) is 7.54. The van der Waals surface area contributed by atoms with Crippen LogP contribution in [-0.2, 0) is 12.8 Å². The van der Waals surface area contributed by atoms with E-state index in [0.29, 0.717) is 28.9 Å². The first-order chi connectivity index (χ1) is 14.5. The van der Waals surface area contributed by atoms with Gasteiger partial charge in [-0.15, -0.1) is 5.11 Å². The van der Waals surface area contributed by atoms with E-state index in [-0.39, 0.29) is 5.82 Å². The van der Waals surface area contributed by atoms with Crippen molar-refractivity contribution in [3.8, 4) is 6.07 Å². The van der Waals surface area contributed by atoms with E-state index in [9.17, 15) is 5.26 Å². The molecule has 0 aliphatic heterocycles. The molecule has 0 saturated heterocycles. The lowest BCUT2D eigenvalue weighted by Gasteiger charge is -2.11. The molecule has 3 rings (SSSR count). The van der Waals surface area contributed by atoms with Crippen LogP contribution in [0.1, 0.15) is 53.3 Å². The third-order valence-electron chi connectivity index (χ3n) is 5.11. The van der Waals surface area contributed by atoms with Crippen LogP contribution >= 0.6 is 0 Å². The summed E-state index contributed by atoms with van der Waals surface area (Å²) < 4.78 is 0. The minimum absolute atomic E-state index is 0.289. The molecular formula is C25H27N5. The Morgan fingerprint density at radius 1 is 1.03 bits per heavy atom. The van der Waals surface area contributed by atoms with Gasteiger partial charge in [-0.1, -0.05) is 49.7 Å². The topological polar surface area (TPSA) is 87.4 Å². The Morgan fingerprint density at radius 2 is 1.77 bits per heavy atom. The number of aromatic nitrogens is 1. The summed E-state index contributed by atoms with van der Waals surface area (Å²) in [6, 6.07) is 18.5. The average Bonchev–Trinajstić information content (AvgIpc) is 2.73. The summed E-state index contributed by atoms with van der Waals surface area (Å²) in [5.74, 6) is 0.289. The van der Waals surface area contributed by atoms with E-state index in [0.717, 1.165) is 23.2 Å². The number of nitrogens with zero attached hydrogens (tertiary/aromatic N) is 4. The molecule has 0 bridgehead atoms. The number of unbranched alkanes of at least 4 members (excludes halogenated alkanes) is 1. The molecule has 0 fully saturated rings. The van der Waals surface area contributed by atoms with Crippen molar-refractivity contribution in [3.05, 3.63) is 82.0 Å². The molecule has 0 radical (unpaired) electrons. The lowest BCUT2D eigenvalue weighted by molar-refractivity contribution is 0.794. The van der Waals surface area contributed by atoms with E-state index >= 15 is 0 Å². The molecule has 3 aromatic rings. The Morgan fingerprint density at radius 3 is 2.43 bits per heavy atom. The minimum atomic E-state index is 0.289. The highest BCUT2D eigenvalue weighted by molar-refractivity contribution is 5.67. The van der Waals surface area contributed by atoms with Crippen molar-refractivity contribution in [3.63, 3.8) is 0 Å². The Labute approximate surface area is 178 Å². The number of aryl methyl sites for hydroxylation is 2. The number of nitriles is 1. The molecule has 2 aromatic carbocycles. The smallest absolute Gasteiger partial charge is 0.151 e. The van der Waals surface area contributed by atoms with Crippen molar-refractivity contribution in [2.45, 2.75) is 46.5 Å². The molecule has 0 aliphatic rings. The largest absolute Gasteiger partial charge is 0.382 e. The van der Waals surface area contributed by atoms with E-state index in [2.05, 4.69) is 52.5 Å². The van der Waals surface area contributed by atoms with Crippen LogP contribution < -0.4 is 5.73 Å². The third kappa shape index (κ3) is 5.09. The molecule has 5 nitrogen and oxygen atoms in total. The van der Waals surface area contributed by atoms with Gasteiger partial charge in [-0.2, -0.15) is 10.4 Å². The van der Waals surface area contributed by atoms with Crippen molar-refractivity contribution in [1.82, 2.24) is 4.98 Å². The Hall–Kier alpha value is -3.52. The molecule has 0 saturated carbocycles. The number of rotatable bonds is 7. The van der Waals surface area contributed by atoms with E-state index in [1.54, 1.807) is 0 Å². The standard InChI is InChI=1S/C25H27N5/c1-4-5-8-19-10-12-20(13-11-19)15-23-22(16-26)18(3)24(25(27)28-23)30-29-21-9-6-7-17(2)14-21/h6-7,9-14H,4-5,8,15H2,1-3H3,(H2,27,28). The zero-order valence-electron chi connectivity index (χ0n) is 17.8. The second kappa shape index (κ2) is 9.80. The zero-order valence-corrected chi connectivity index (χ0v) is 17.8. The molecule has 5 heteroatoms. The lowest BCUT2D eigenvalue weighted by Crippen LogP contribution is -2.04. The van der Waals surface area contributed by atoms with Gasteiger partial charge in [0.05, 0.1) is 16.9 Å². The van der Waals surface area contributed by atoms with Gasteiger partial charge in [0.1, 0.15) is 11.8 Å². The van der Waals surface area contributed by atoms with Crippen LogP contribution in [0.2, 0.25) is 0 Å². The van der Waals surface area contributed by atoms with Crippen LogP contribution in [0.3, 0.4) is 0 Å². The van der Waals surface area contributed by atoms with Gasteiger partial charge in [-0.05, 0) is 61.1 Å². The predicted octanol–water partition coefficient (Wildman–Crippen LogP) is 6.50. The summed E-state index contributed by atoms with van der Waals surface area (Å²) in [7, 11) is 0. The van der Waals surface area contributed by atoms with Gasteiger partial charge in [0.15, 0.2) is 5.82 Å². The molecule has 152 valence electrons. The van der Waals surface area contributed by atoms with Crippen molar-refractivity contribution < 1.29 is 0 Å². The molecule has 0 unspecified atom stereocenters. The molecule has 0 amide bonds. The van der Waals surface area contributed by atoms with E-state index in [1.165, 1.54) is 18.4 Å². The van der Waals surface area contributed by atoms with E-state index < -0.39 is 0 Å². The summed E-state index contributed by atoms with van der Waals surface area (Å²) in [5.41, 5.74) is 12.8. The zero-order chi connectivity index (χ0) is 21.5. The Bertz CT molecular complexity index is 1090. The van der Waals surface area contributed by atoms with Crippen molar-refractivity contribution >= 4 is 17.2 Å². The fraction of sp³-hybridized carbons (Fsp3) is 0.280. The lowest BCUT2D eigenvalue weighted by atomic mass is 9.99. The molecule has 30 heavy (non-hydrogen) atoms. The normalized spacial score (nSPS) is 11.0. The van der Waals surface area contributed by atoms with Crippen molar-refractivity contribution in [2.75, 3.05) is 5.73 Å². The molecule has 1 heterocycles. The molecule has 1 aromatic heterocycles. The number of hydrogen-bond donors (Lipinski definition) is 1. The van der Waals surface area contributed by atoms with Crippen LogP contribution in [0.15, 0.2) is 58.8 Å². The second-order valence-corrected chi connectivity index (χ2v) is 7.54. The maximum absolute atomic E-state index is 9.75. The maximum Gasteiger partial charge on any atom is 0.151 e. The number of hydrogen-bond acceptors (Lipinski definition) is 5. The van der Waals surface area contributed by atoms with Gasteiger partial charge in [-0.25, -0.2) is 4.98 Å². The van der Waals surface area contributed by atoms with Crippen LogP contribution in [0.5, 0.6) is 0 Å². The summed E-state index contributed by atoms with van der Waals surface area (Å²) in [5, 5.41) is 18.3. The van der Waals surface area contributed by atoms with E-state index in [4.69, 9.17) is 5.73 Å². The first-order valence-electron chi connectivity index (χ1n) is 10.3. The highest BCUT2D eigenvalue weighted by Crippen LogP contribution is 2.32. The van der Waals surface area contributed by atoms with Gasteiger partial charge in [0.2, 0.25) is 0 Å². The molecule has 0 aliphatic carbocycles. The highest BCUT2D eigenvalue weighted by atomic mass is 15.1. The van der Waals surface area contributed by atoms with Crippen LogP contribution in [-0.4, -0.2) is 4.98 Å². The summed E-state index contributed by atoms with van der Waals surface area (Å²) in [6.45, 7) is 6.04. The fourth-order valence-corrected chi connectivity index (χ4v) is 3.38. The van der Waals surface area contributed by atoms with Gasteiger partial charge in [-0.3, -0.25) is 0 Å². The fourth-order valence-electron chi connectivity index (χ4n) is 3.38. The minimum Gasteiger partial charge on any atom is -0.382 e. The maximum atomic E-state index is 9.75. The first-order valence-corrected chi connectivity index (χ1v) is 10.3. The Kier molecular flexibility index (Phi) is 6.92.